The molecule has 1 fully saturated rings. The van der Waals surface area contributed by atoms with Gasteiger partial charge in [0.1, 0.15) is 0 Å². The summed E-state index contributed by atoms with van der Waals surface area (Å²) in [5.74, 6) is 1.26. The zero-order chi connectivity index (χ0) is 12.0. The first-order valence-corrected chi connectivity index (χ1v) is 7.97. The highest BCUT2D eigenvalue weighted by Gasteiger charge is 2.20. The molecule has 0 saturated carbocycles. The molecule has 1 aliphatic heterocycles. The molecule has 1 rings (SSSR count). The van der Waals surface area contributed by atoms with E-state index in [0.29, 0.717) is 18.2 Å². The SMILES string of the molecule is CCS(=O)(=O)CCN1CCCC(CNC)C1. The predicted molar refractivity (Wildman–Crippen MR) is 67.4 cm³/mol. The van der Waals surface area contributed by atoms with Gasteiger partial charge in [0.25, 0.3) is 0 Å². The molecule has 0 aromatic heterocycles. The first-order chi connectivity index (χ1) is 7.57. The summed E-state index contributed by atoms with van der Waals surface area (Å²) in [5.41, 5.74) is 0. The maximum Gasteiger partial charge on any atom is 0.151 e. The van der Waals surface area contributed by atoms with Gasteiger partial charge in [-0.15, -0.1) is 0 Å². The predicted octanol–water partition coefficient (Wildman–Crippen LogP) is 0.353. The number of hydrogen-bond acceptors (Lipinski definition) is 4. The fourth-order valence-electron chi connectivity index (χ4n) is 2.22. The van der Waals surface area contributed by atoms with Crippen LogP contribution in [-0.4, -0.2) is 58.1 Å². The van der Waals surface area contributed by atoms with Crippen molar-refractivity contribution in [1.82, 2.24) is 10.2 Å². The molecule has 1 heterocycles. The van der Waals surface area contributed by atoms with Crippen LogP contribution < -0.4 is 5.32 Å². The third kappa shape index (κ3) is 4.80. The Labute approximate surface area is 99.3 Å². The van der Waals surface area contributed by atoms with Crippen LogP contribution in [0.25, 0.3) is 0 Å². The minimum Gasteiger partial charge on any atom is -0.319 e. The first kappa shape index (κ1) is 13.9. The second-order valence-electron chi connectivity index (χ2n) is 4.60. The van der Waals surface area contributed by atoms with Crippen LogP contribution in [0, 0.1) is 5.92 Å². The molecule has 0 aromatic rings. The van der Waals surface area contributed by atoms with Crippen molar-refractivity contribution in [2.24, 2.45) is 5.92 Å². The van der Waals surface area contributed by atoms with Gasteiger partial charge >= 0.3 is 0 Å². The summed E-state index contributed by atoms with van der Waals surface area (Å²) in [7, 11) is -0.833. The second-order valence-corrected chi connectivity index (χ2v) is 7.08. The fraction of sp³-hybridized carbons (Fsp3) is 1.00. The molecule has 0 amide bonds. The van der Waals surface area contributed by atoms with E-state index < -0.39 is 9.84 Å². The van der Waals surface area contributed by atoms with Crippen LogP contribution in [0.3, 0.4) is 0 Å². The molecule has 0 aliphatic carbocycles. The second kappa shape index (κ2) is 6.57. The van der Waals surface area contributed by atoms with Crippen molar-refractivity contribution in [3.05, 3.63) is 0 Å². The van der Waals surface area contributed by atoms with Crippen LogP contribution >= 0.6 is 0 Å². The van der Waals surface area contributed by atoms with E-state index in [1.165, 1.54) is 12.8 Å². The number of hydrogen-bond donors (Lipinski definition) is 1. The van der Waals surface area contributed by atoms with Crippen LogP contribution in [0.5, 0.6) is 0 Å². The van der Waals surface area contributed by atoms with Gasteiger partial charge in [-0.2, -0.15) is 0 Å². The van der Waals surface area contributed by atoms with E-state index in [4.69, 9.17) is 0 Å². The summed E-state index contributed by atoms with van der Waals surface area (Å²) in [6, 6.07) is 0. The minimum atomic E-state index is -2.81. The summed E-state index contributed by atoms with van der Waals surface area (Å²) in [4.78, 5) is 2.29. The van der Waals surface area contributed by atoms with E-state index in [1.54, 1.807) is 6.92 Å². The summed E-state index contributed by atoms with van der Waals surface area (Å²) in [6.07, 6.45) is 2.45. The monoisotopic (exact) mass is 248 g/mol. The van der Waals surface area contributed by atoms with E-state index >= 15 is 0 Å². The van der Waals surface area contributed by atoms with Gasteiger partial charge in [0.15, 0.2) is 9.84 Å². The maximum atomic E-state index is 11.4. The Bertz CT molecular complexity index is 288. The van der Waals surface area contributed by atoms with E-state index in [9.17, 15) is 8.42 Å². The molecular weight excluding hydrogens is 224 g/mol. The van der Waals surface area contributed by atoms with Gasteiger partial charge in [-0.3, -0.25) is 0 Å². The molecule has 0 bridgehead atoms. The van der Waals surface area contributed by atoms with Crippen molar-refractivity contribution in [3.8, 4) is 0 Å². The van der Waals surface area contributed by atoms with Gasteiger partial charge in [-0.05, 0) is 38.9 Å². The highest BCUT2D eigenvalue weighted by molar-refractivity contribution is 7.91. The fourth-order valence-corrected chi connectivity index (χ4v) is 3.05. The molecule has 5 heteroatoms. The first-order valence-electron chi connectivity index (χ1n) is 6.14. The lowest BCUT2D eigenvalue weighted by Crippen LogP contribution is -2.41. The molecule has 1 unspecified atom stereocenters. The largest absolute Gasteiger partial charge is 0.319 e. The number of sulfone groups is 1. The van der Waals surface area contributed by atoms with Crippen molar-refractivity contribution >= 4 is 9.84 Å². The lowest BCUT2D eigenvalue weighted by Gasteiger charge is -2.32. The maximum absolute atomic E-state index is 11.4. The smallest absolute Gasteiger partial charge is 0.151 e. The Balaban J connectivity index is 2.32. The Hall–Kier alpha value is -0.130. The van der Waals surface area contributed by atoms with Gasteiger partial charge in [0, 0.05) is 18.8 Å². The lowest BCUT2D eigenvalue weighted by atomic mass is 9.98. The molecule has 16 heavy (non-hydrogen) atoms. The Morgan fingerprint density at radius 1 is 1.44 bits per heavy atom. The average Bonchev–Trinajstić information content (AvgIpc) is 2.28. The molecule has 96 valence electrons. The van der Waals surface area contributed by atoms with Gasteiger partial charge < -0.3 is 10.2 Å². The topological polar surface area (TPSA) is 49.4 Å². The van der Waals surface area contributed by atoms with Crippen LogP contribution in [0.1, 0.15) is 19.8 Å². The molecule has 1 saturated heterocycles. The number of piperidine rings is 1. The Morgan fingerprint density at radius 2 is 2.19 bits per heavy atom. The molecule has 1 atom stereocenters. The quantitative estimate of drug-likeness (QED) is 0.737. The van der Waals surface area contributed by atoms with Crippen molar-refractivity contribution < 1.29 is 8.42 Å². The van der Waals surface area contributed by atoms with Gasteiger partial charge in [0.2, 0.25) is 0 Å². The summed E-state index contributed by atoms with van der Waals surface area (Å²) < 4.78 is 22.8. The van der Waals surface area contributed by atoms with Crippen LogP contribution in [0.15, 0.2) is 0 Å². The summed E-state index contributed by atoms with van der Waals surface area (Å²) >= 11 is 0. The van der Waals surface area contributed by atoms with Crippen molar-refractivity contribution in [1.29, 1.82) is 0 Å². The Morgan fingerprint density at radius 3 is 2.81 bits per heavy atom. The van der Waals surface area contributed by atoms with E-state index in [1.807, 2.05) is 7.05 Å². The zero-order valence-electron chi connectivity index (χ0n) is 10.4. The normalized spacial score (nSPS) is 23.5. The number of nitrogens with zero attached hydrogens (tertiary/aromatic N) is 1. The molecular formula is C11H24N2O2S. The number of nitrogens with one attached hydrogen (secondary N) is 1. The molecule has 0 radical (unpaired) electrons. The molecule has 0 aromatic carbocycles. The third-order valence-electron chi connectivity index (χ3n) is 3.25. The zero-order valence-corrected chi connectivity index (χ0v) is 11.2. The van der Waals surface area contributed by atoms with E-state index in [0.717, 1.165) is 19.6 Å². The molecule has 4 nitrogen and oxygen atoms in total. The van der Waals surface area contributed by atoms with E-state index in [2.05, 4.69) is 10.2 Å². The van der Waals surface area contributed by atoms with Crippen molar-refractivity contribution in [2.75, 3.05) is 44.7 Å². The van der Waals surface area contributed by atoms with E-state index in [-0.39, 0.29) is 5.75 Å². The molecule has 0 spiro atoms. The van der Waals surface area contributed by atoms with Gasteiger partial charge in [-0.25, -0.2) is 8.42 Å². The highest BCUT2D eigenvalue weighted by atomic mass is 32.2. The minimum absolute atomic E-state index is 0.265. The standard InChI is InChI=1S/C11H24N2O2S/c1-3-16(14,15)8-7-13-6-4-5-11(10-13)9-12-2/h11-12H,3-10H2,1-2H3. The summed E-state index contributed by atoms with van der Waals surface area (Å²) in [6.45, 7) is 5.56. The average molecular weight is 248 g/mol. The van der Waals surface area contributed by atoms with Crippen LogP contribution in [-0.2, 0) is 9.84 Å². The highest BCUT2D eigenvalue weighted by Crippen LogP contribution is 2.15. The van der Waals surface area contributed by atoms with Crippen LogP contribution in [0.4, 0.5) is 0 Å². The van der Waals surface area contributed by atoms with Gasteiger partial charge in [0.05, 0.1) is 5.75 Å². The third-order valence-corrected chi connectivity index (χ3v) is 4.94. The van der Waals surface area contributed by atoms with Crippen molar-refractivity contribution in [3.63, 3.8) is 0 Å². The lowest BCUT2D eigenvalue weighted by molar-refractivity contribution is 0.182. The van der Waals surface area contributed by atoms with Crippen molar-refractivity contribution in [2.45, 2.75) is 19.8 Å². The van der Waals surface area contributed by atoms with Gasteiger partial charge in [-0.1, -0.05) is 6.92 Å². The Kier molecular flexibility index (Phi) is 5.72. The number of likely N-dealkylation sites (tertiary alicyclic amines) is 1. The summed E-state index contributed by atoms with van der Waals surface area (Å²) in [5, 5.41) is 3.20. The molecule has 1 N–H and O–H groups in total. The van der Waals surface area contributed by atoms with Crippen LogP contribution in [0.2, 0.25) is 0 Å². The molecule has 1 aliphatic rings. The number of rotatable bonds is 6.